The fourth-order valence-electron chi connectivity index (χ4n) is 5.78. The average molecular weight is 271 g/mol. The van der Waals surface area contributed by atoms with Crippen LogP contribution in [0.3, 0.4) is 0 Å². The summed E-state index contributed by atoms with van der Waals surface area (Å²) in [5.74, 6) is 3.09. The lowest BCUT2D eigenvalue weighted by atomic mass is 9.54. The van der Waals surface area contributed by atoms with E-state index in [1.165, 1.54) is 37.7 Å². The second kappa shape index (κ2) is 4.22. The zero-order valence-corrected chi connectivity index (χ0v) is 12.4. The molecule has 20 heavy (non-hydrogen) atoms. The summed E-state index contributed by atoms with van der Waals surface area (Å²) in [5, 5.41) is 0. The molecule has 4 aliphatic rings. The second-order valence-corrected chi connectivity index (χ2v) is 7.77. The summed E-state index contributed by atoms with van der Waals surface area (Å²) in [6, 6.07) is 0. The van der Waals surface area contributed by atoms with Crippen molar-refractivity contribution in [1.82, 2.24) is 0 Å². The average Bonchev–Trinajstić information content (AvgIpc) is 2.81. The van der Waals surface area contributed by atoms with Crippen LogP contribution in [0.1, 0.15) is 51.9 Å². The van der Waals surface area contributed by atoms with Gasteiger partial charge in [0, 0.05) is 12.1 Å². The monoisotopic (exact) mass is 271 g/mol. The van der Waals surface area contributed by atoms with E-state index in [4.69, 9.17) is 5.73 Å². The molecule has 5 unspecified atom stereocenters. The molecule has 0 aromatic heterocycles. The summed E-state index contributed by atoms with van der Waals surface area (Å²) in [7, 11) is 0. The number of hydrogen-bond acceptors (Lipinski definition) is 2. The van der Waals surface area contributed by atoms with Crippen molar-refractivity contribution in [3.05, 3.63) is 23.4 Å². The molecule has 2 saturated carbocycles. The number of carbonyl (C=O) groups excluding carboxylic acids is 1. The molecule has 2 nitrogen and oxygen atoms in total. The Labute approximate surface area is 121 Å². The van der Waals surface area contributed by atoms with E-state index >= 15 is 0 Å². The molecular weight excluding hydrogens is 246 g/mol. The summed E-state index contributed by atoms with van der Waals surface area (Å²) in [5.41, 5.74) is 8.97. The maximum absolute atomic E-state index is 11.7. The van der Waals surface area contributed by atoms with Crippen LogP contribution in [0, 0.1) is 29.1 Å². The molecule has 0 saturated heterocycles. The number of carbonyl (C=O) groups is 1. The third-order valence-electron chi connectivity index (χ3n) is 6.81. The van der Waals surface area contributed by atoms with E-state index in [2.05, 4.69) is 13.0 Å². The number of fused-ring (bicyclic) bond motifs is 5. The van der Waals surface area contributed by atoms with Crippen molar-refractivity contribution in [2.75, 3.05) is 0 Å². The van der Waals surface area contributed by atoms with Crippen molar-refractivity contribution in [3.8, 4) is 0 Å². The normalized spacial score (nSPS) is 47.0. The maximum Gasteiger partial charge on any atom is 0.156 e. The van der Waals surface area contributed by atoms with Gasteiger partial charge in [0.15, 0.2) is 5.78 Å². The molecule has 2 fully saturated rings. The van der Waals surface area contributed by atoms with Crippen LogP contribution >= 0.6 is 0 Å². The van der Waals surface area contributed by atoms with Crippen LogP contribution in [0.4, 0.5) is 0 Å². The fourth-order valence-corrected chi connectivity index (χ4v) is 5.78. The molecule has 2 heteroatoms. The molecule has 0 aliphatic heterocycles. The largest absolute Gasteiger partial charge is 0.399 e. The second-order valence-electron chi connectivity index (χ2n) is 7.77. The van der Waals surface area contributed by atoms with Gasteiger partial charge in [0.1, 0.15) is 0 Å². The highest BCUT2D eigenvalue weighted by Gasteiger charge is 2.51. The molecule has 0 bridgehead atoms. The van der Waals surface area contributed by atoms with Crippen molar-refractivity contribution in [1.29, 1.82) is 0 Å². The minimum absolute atomic E-state index is 0.271. The lowest BCUT2D eigenvalue weighted by Crippen LogP contribution is -2.44. The van der Waals surface area contributed by atoms with Gasteiger partial charge in [-0.3, -0.25) is 4.79 Å². The molecule has 0 aromatic rings. The van der Waals surface area contributed by atoms with Crippen molar-refractivity contribution in [3.63, 3.8) is 0 Å². The first-order valence-electron chi connectivity index (χ1n) is 8.30. The molecule has 108 valence electrons. The first-order valence-corrected chi connectivity index (χ1v) is 8.30. The SMILES string of the molecule is CC12CCCC1C1C=C(N)C3=CC(=O)CCC3C1CC2. The van der Waals surface area contributed by atoms with Gasteiger partial charge in [0.25, 0.3) is 0 Å². The quantitative estimate of drug-likeness (QED) is 0.731. The van der Waals surface area contributed by atoms with Gasteiger partial charge in [-0.2, -0.15) is 0 Å². The summed E-state index contributed by atoms with van der Waals surface area (Å²) in [6.07, 6.45) is 12.8. The van der Waals surface area contributed by atoms with Gasteiger partial charge in [-0.15, -0.1) is 0 Å². The van der Waals surface area contributed by atoms with Crippen molar-refractivity contribution in [2.45, 2.75) is 51.9 Å². The van der Waals surface area contributed by atoms with Gasteiger partial charge < -0.3 is 5.73 Å². The Kier molecular flexibility index (Phi) is 2.68. The molecule has 0 radical (unpaired) electrons. The zero-order valence-electron chi connectivity index (χ0n) is 12.4. The van der Waals surface area contributed by atoms with Crippen LogP contribution in [-0.4, -0.2) is 5.78 Å². The first kappa shape index (κ1) is 12.7. The van der Waals surface area contributed by atoms with Crippen LogP contribution in [0.15, 0.2) is 23.4 Å². The number of rotatable bonds is 0. The van der Waals surface area contributed by atoms with E-state index in [9.17, 15) is 4.79 Å². The van der Waals surface area contributed by atoms with E-state index in [1.807, 2.05) is 6.08 Å². The van der Waals surface area contributed by atoms with Crippen LogP contribution in [-0.2, 0) is 4.79 Å². The van der Waals surface area contributed by atoms with Gasteiger partial charge >= 0.3 is 0 Å². The minimum atomic E-state index is 0.271. The van der Waals surface area contributed by atoms with Crippen molar-refractivity contribution < 1.29 is 4.79 Å². The number of ketones is 1. The smallest absolute Gasteiger partial charge is 0.156 e. The third-order valence-corrected chi connectivity index (χ3v) is 6.81. The predicted molar refractivity (Wildman–Crippen MR) is 79.7 cm³/mol. The molecule has 5 atom stereocenters. The third kappa shape index (κ3) is 1.66. The molecule has 0 amide bonds. The van der Waals surface area contributed by atoms with Gasteiger partial charge in [-0.1, -0.05) is 19.4 Å². The first-order chi connectivity index (χ1) is 9.58. The lowest BCUT2D eigenvalue weighted by Gasteiger charge is -2.51. The van der Waals surface area contributed by atoms with E-state index in [-0.39, 0.29) is 5.78 Å². The highest BCUT2D eigenvalue weighted by Crippen LogP contribution is 2.60. The van der Waals surface area contributed by atoms with Gasteiger partial charge in [0.05, 0.1) is 0 Å². The summed E-state index contributed by atoms with van der Waals surface area (Å²) < 4.78 is 0. The van der Waals surface area contributed by atoms with E-state index < -0.39 is 0 Å². The number of allylic oxidation sites excluding steroid dienone is 3. The molecule has 0 heterocycles. The van der Waals surface area contributed by atoms with Gasteiger partial charge in [-0.25, -0.2) is 0 Å². The molecule has 0 aromatic carbocycles. The Bertz CT molecular complexity index is 518. The summed E-state index contributed by atoms with van der Waals surface area (Å²) in [4.78, 5) is 11.7. The summed E-state index contributed by atoms with van der Waals surface area (Å²) >= 11 is 0. The highest BCUT2D eigenvalue weighted by molar-refractivity contribution is 5.92. The van der Waals surface area contributed by atoms with Crippen molar-refractivity contribution in [2.24, 2.45) is 34.8 Å². The summed E-state index contributed by atoms with van der Waals surface area (Å²) in [6.45, 7) is 2.50. The van der Waals surface area contributed by atoms with Gasteiger partial charge in [0.2, 0.25) is 0 Å². The predicted octanol–water partition coefficient (Wildman–Crippen LogP) is 3.58. The maximum atomic E-state index is 11.7. The van der Waals surface area contributed by atoms with Gasteiger partial charge in [-0.05, 0) is 72.8 Å². The van der Waals surface area contributed by atoms with Crippen LogP contribution in [0.5, 0.6) is 0 Å². The van der Waals surface area contributed by atoms with Crippen LogP contribution < -0.4 is 5.73 Å². The number of nitrogens with two attached hydrogens (primary N) is 1. The van der Waals surface area contributed by atoms with Crippen molar-refractivity contribution >= 4 is 5.78 Å². The Hall–Kier alpha value is -1.05. The molecule has 4 aliphatic carbocycles. The lowest BCUT2D eigenvalue weighted by molar-refractivity contribution is -0.115. The highest BCUT2D eigenvalue weighted by atomic mass is 16.1. The van der Waals surface area contributed by atoms with E-state index in [0.29, 0.717) is 17.3 Å². The minimum Gasteiger partial charge on any atom is -0.399 e. The zero-order chi connectivity index (χ0) is 13.9. The Morgan fingerprint density at radius 1 is 1.25 bits per heavy atom. The van der Waals surface area contributed by atoms with E-state index in [0.717, 1.165) is 30.4 Å². The molecular formula is C18H25NO. The van der Waals surface area contributed by atoms with E-state index in [1.54, 1.807) is 0 Å². The fraction of sp³-hybridized carbons (Fsp3) is 0.722. The Morgan fingerprint density at radius 3 is 2.95 bits per heavy atom. The Balaban J connectivity index is 1.75. The van der Waals surface area contributed by atoms with Crippen LogP contribution in [0.25, 0.3) is 0 Å². The Morgan fingerprint density at radius 2 is 2.10 bits per heavy atom. The standard InChI is InChI=1S/C18H25NO/c1-18-7-2-3-16(18)14-10-17(19)15-9-11(20)4-5-12(15)13(14)6-8-18/h9-10,12-14,16H,2-8,19H2,1H3. The molecule has 2 N–H and O–H groups in total. The van der Waals surface area contributed by atoms with Crippen LogP contribution in [0.2, 0.25) is 0 Å². The topological polar surface area (TPSA) is 43.1 Å². The molecule has 4 rings (SSSR count). The molecule has 0 spiro atoms. The number of hydrogen-bond donors (Lipinski definition) is 1.